The Balaban J connectivity index is 2.29. The van der Waals surface area contributed by atoms with Crippen molar-refractivity contribution in [1.29, 1.82) is 0 Å². The van der Waals surface area contributed by atoms with Gasteiger partial charge in [0.05, 0.1) is 6.54 Å². The van der Waals surface area contributed by atoms with Gasteiger partial charge in [-0.2, -0.15) is 0 Å². The van der Waals surface area contributed by atoms with Crippen molar-refractivity contribution in [2.24, 2.45) is 5.73 Å². The fourth-order valence-electron chi connectivity index (χ4n) is 2.76. The molecule has 0 unspecified atom stereocenters. The summed E-state index contributed by atoms with van der Waals surface area (Å²) in [5.74, 6) is -0.922. The summed E-state index contributed by atoms with van der Waals surface area (Å²) in [6.07, 6.45) is 0.802. The van der Waals surface area contributed by atoms with Crippen molar-refractivity contribution >= 4 is 0 Å². The third kappa shape index (κ3) is 2.94. The number of alkyl halides is 2. The predicted molar refractivity (Wildman–Crippen MR) is 69.1 cm³/mol. The smallest absolute Gasteiger partial charge is 0.248 e. The van der Waals surface area contributed by atoms with Crippen molar-refractivity contribution in [1.82, 2.24) is 14.8 Å². The molecule has 1 fully saturated rings. The lowest BCUT2D eigenvalue weighted by Gasteiger charge is -2.31. The van der Waals surface area contributed by atoms with Crippen LogP contribution in [0.25, 0.3) is 0 Å². The Hall–Kier alpha value is -1.04. The maximum absolute atomic E-state index is 13.2. The Kier molecular flexibility index (Phi) is 3.64. The molecular formula is C13H22F2N4. The fourth-order valence-corrected chi connectivity index (χ4v) is 2.76. The monoisotopic (exact) mass is 272 g/mol. The molecule has 0 saturated heterocycles. The number of aromatic nitrogens is 3. The van der Waals surface area contributed by atoms with Gasteiger partial charge in [-0.15, -0.1) is 10.2 Å². The number of rotatable bonds is 2. The zero-order valence-corrected chi connectivity index (χ0v) is 11.8. The summed E-state index contributed by atoms with van der Waals surface area (Å²) in [7, 11) is 0. The summed E-state index contributed by atoms with van der Waals surface area (Å²) >= 11 is 0. The minimum atomic E-state index is -2.51. The molecule has 6 heteroatoms. The largest absolute Gasteiger partial charge is 0.324 e. The summed E-state index contributed by atoms with van der Waals surface area (Å²) in [4.78, 5) is 0. The van der Waals surface area contributed by atoms with E-state index >= 15 is 0 Å². The first kappa shape index (κ1) is 14.4. The maximum atomic E-state index is 13.2. The van der Waals surface area contributed by atoms with E-state index in [1.54, 1.807) is 0 Å². The third-order valence-corrected chi connectivity index (χ3v) is 3.69. The molecule has 2 N–H and O–H groups in total. The molecular weight excluding hydrogens is 250 g/mol. The van der Waals surface area contributed by atoms with Gasteiger partial charge in [0, 0.05) is 24.3 Å². The number of nitrogens with two attached hydrogens (primary N) is 1. The first-order valence-electron chi connectivity index (χ1n) is 6.77. The van der Waals surface area contributed by atoms with Gasteiger partial charge in [-0.3, -0.25) is 0 Å². The molecule has 2 rings (SSSR count). The van der Waals surface area contributed by atoms with Gasteiger partial charge in [0.15, 0.2) is 0 Å². The number of nitrogens with zero attached hydrogens (tertiary/aromatic N) is 3. The Labute approximate surface area is 112 Å². The molecule has 0 radical (unpaired) electrons. The zero-order chi connectivity index (χ0) is 14.3. The topological polar surface area (TPSA) is 56.7 Å². The molecule has 1 heterocycles. The Morgan fingerprint density at radius 1 is 1.26 bits per heavy atom. The molecule has 1 saturated carbocycles. The molecule has 0 aliphatic heterocycles. The summed E-state index contributed by atoms with van der Waals surface area (Å²) in [6, 6.07) is 0. The molecule has 4 nitrogen and oxygen atoms in total. The van der Waals surface area contributed by atoms with Gasteiger partial charge < -0.3 is 10.3 Å². The highest BCUT2D eigenvalue weighted by molar-refractivity contribution is 5.08. The molecule has 0 atom stereocenters. The normalized spacial score (nSPS) is 20.7. The lowest BCUT2D eigenvalue weighted by atomic mass is 9.86. The van der Waals surface area contributed by atoms with Gasteiger partial charge in [0.25, 0.3) is 0 Å². The van der Waals surface area contributed by atoms with E-state index in [9.17, 15) is 8.78 Å². The lowest BCUT2D eigenvalue weighted by molar-refractivity contribution is -0.0392. The standard InChI is InChI=1S/C13H22F2N4/c1-12(2,3)19-10(8-16)17-18-11(19)9-4-6-13(14,15)7-5-9/h9H,4-8,16H2,1-3H3. The minimum Gasteiger partial charge on any atom is -0.324 e. The first-order valence-corrected chi connectivity index (χ1v) is 6.77. The van der Waals surface area contributed by atoms with Crippen LogP contribution in [0, 0.1) is 0 Å². The van der Waals surface area contributed by atoms with E-state index < -0.39 is 5.92 Å². The molecule has 0 spiro atoms. The van der Waals surface area contributed by atoms with Crippen LogP contribution in [-0.4, -0.2) is 20.7 Å². The van der Waals surface area contributed by atoms with E-state index in [-0.39, 0.29) is 24.3 Å². The molecule has 0 bridgehead atoms. The van der Waals surface area contributed by atoms with E-state index in [0.717, 1.165) is 11.6 Å². The molecule has 19 heavy (non-hydrogen) atoms. The molecule has 1 aromatic rings. The summed E-state index contributed by atoms with van der Waals surface area (Å²) in [6.45, 7) is 6.47. The van der Waals surface area contributed by atoms with Crippen molar-refractivity contribution < 1.29 is 8.78 Å². The Morgan fingerprint density at radius 3 is 2.32 bits per heavy atom. The highest BCUT2D eigenvalue weighted by Crippen LogP contribution is 2.41. The van der Waals surface area contributed by atoms with E-state index in [2.05, 4.69) is 31.0 Å². The van der Waals surface area contributed by atoms with Crippen molar-refractivity contribution in [2.45, 2.75) is 70.4 Å². The van der Waals surface area contributed by atoms with Crippen LogP contribution in [0.2, 0.25) is 0 Å². The first-order chi connectivity index (χ1) is 8.74. The van der Waals surface area contributed by atoms with E-state index in [4.69, 9.17) is 5.73 Å². The van der Waals surface area contributed by atoms with Gasteiger partial charge in [0.2, 0.25) is 5.92 Å². The van der Waals surface area contributed by atoms with Crippen LogP contribution in [0.5, 0.6) is 0 Å². The van der Waals surface area contributed by atoms with E-state index in [1.807, 2.05) is 4.57 Å². The Bertz CT molecular complexity index is 438. The highest BCUT2D eigenvalue weighted by Gasteiger charge is 2.38. The molecule has 1 aliphatic carbocycles. The number of hydrogen-bond donors (Lipinski definition) is 1. The van der Waals surface area contributed by atoms with Gasteiger partial charge in [-0.1, -0.05) is 0 Å². The molecule has 0 aromatic carbocycles. The second-order valence-corrected chi connectivity index (χ2v) is 6.32. The van der Waals surface area contributed by atoms with Gasteiger partial charge >= 0.3 is 0 Å². The third-order valence-electron chi connectivity index (χ3n) is 3.69. The maximum Gasteiger partial charge on any atom is 0.248 e. The van der Waals surface area contributed by atoms with Gasteiger partial charge in [-0.25, -0.2) is 8.78 Å². The number of halogens is 2. The summed E-state index contributed by atoms with van der Waals surface area (Å²) in [5, 5.41) is 8.33. The lowest BCUT2D eigenvalue weighted by Crippen LogP contribution is -2.31. The van der Waals surface area contributed by atoms with Gasteiger partial charge in [0.1, 0.15) is 11.6 Å². The summed E-state index contributed by atoms with van der Waals surface area (Å²) < 4.78 is 28.5. The quantitative estimate of drug-likeness (QED) is 0.900. The fraction of sp³-hybridized carbons (Fsp3) is 0.846. The molecule has 1 aliphatic rings. The SMILES string of the molecule is CC(C)(C)n1c(CN)nnc1C1CCC(F)(F)CC1. The van der Waals surface area contributed by atoms with Crippen molar-refractivity contribution in [3.63, 3.8) is 0 Å². The van der Waals surface area contributed by atoms with E-state index in [0.29, 0.717) is 19.4 Å². The van der Waals surface area contributed by atoms with Crippen molar-refractivity contribution in [3.05, 3.63) is 11.6 Å². The second kappa shape index (κ2) is 4.81. The molecule has 1 aromatic heterocycles. The van der Waals surface area contributed by atoms with E-state index in [1.165, 1.54) is 0 Å². The van der Waals surface area contributed by atoms with Crippen LogP contribution in [0.15, 0.2) is 0 Å². The highest BCUT2D eigenvalue weighted by atomic mass is 19.3. The van der Waals surface area contributed by atoms with Crippen LogP contribution < -0.4 is 5.73 Å². The van der Waals surface area contributed by atoms with Crippen molar-refractivity contribution in [3.8, 4) is 0 Å². The average molecular weight is 272 g/mol. The molecule has 108 valence electrons. The van der Waals surface area contributed by atoms with Crippen molar-refractivity contribution in [2.75, 3.05) is 0 Å². The molecule has 0 amide bonds. The zero-order valence-electron chi connectivity index (χ0n) is 11.8. The Morgan fingerprint density at radius 2 is 1.84 bits per heavy atom. The minimum absolute atomic E-state index is 0.0617. The van der Waals surface area contributed by atoms with Gasteiger partial charge in [-0.05, 0) is 33.6 Å². The number of hydrogen-bond acceptors (Lipinski definition) is 3. The van der Waals surface area contributed by atoms with Crippen LogP contribution in [0.3, 0.4) is 0 Å². The van der Waals surface area contributed by atoms with Crippen LogP contribution in [0.4, 0.5) is 8.78 Å². The average Bonchev–Trinajstić information content (AvgIpc) is 2.72. The summed E-state index contributed by atoms with van der Waals surface area (Å²) in [5.41, 5.74) is 5.50. The van der Waals surface area contributed by atoms with Crippen LogP contribution >= 0.6 is 0 Å². The predicted octanol–water partition coefficient (Wildman–Crippen LogP) is 2.78. The second-order valence-electron chi connectivity index (χ2n) is 6.32. The van der Waals surface area contributed by atoms with Crippen LogP contribution in [-0.2, 0) is 12.1 Å². The van der Waals surface area contributed by atoms with Crippen LogP contribution in [0.1, 0.15) is 64.0 Å².